The van der Waals surface area contributed by atoms with Crippen LogP contribution in [0, 0.1) is 34.5 Å². The standard InChI is InChI=1S/C28H34O7/c1-13-11-21(33-23(31)14(13)2)26(4)18-6-5-17-15-12-22-28(34-22)20(30)8-7-19(29)25(28,3)16(15)9-10-27(17,18)24(32)35-26/h7-8,15-18,20-22,30H,5-6,9-12H2,1-4H3/t15-,16+,17+,18-,20+,21-,22-,25+,26-,27-,28-/m1/s1. The van der Waals surface area contributed by atoms with E-state index in [0.29, 0.717) is 18.4 Å². The molecule has 188 valence electrons. The molecule has 7 heteroatoms. The fourth-order valence-corrected chi connectivity index (χ4v) is 9.90. The van der Waals surface area contributed by atoms with E-state index < -0.39 is 34.2 Å². The Hall–Kier alpha value is -1.99. The van der Waals surface area contributed by atoms with E-state index in [-0.39, 0.29) is 47.5 Å². The number of epoxide rings is 1. The van der Waals surface area contributed by atoms with E-state index in [1.54, 1.807) is 13.0 Å². The zero-order valence-corrected chi connectivity index (χ0v) is 20.8. The van der Waals surface area contributed by atoms with Crippen LogP contribution in [0.4, 0.5) is 0 Å². The molecule has 2 saturated heterocycles. The van der Waals surface area contributed by atoms with Crippen molar-refractivity contribution >= 4 is 17.7 Å². The van der Waals surface area contributed by atoms with Crippen molar-refractivity contribution in [2.75, 3.05) is 0 Å². The van der Waals surface area contributed by atoms with Gasteiger partial charge in [0.05, 0.1) is 16.9 Å². The second-order valence-electron chi connectivity index (χ2n) is 12.7. The van der Waals surface area contributed by atoms with Gasteiger partial charge in [0.2, 0.25) is 0 Å². The maximum Gasteiger partial charge on any atom is 0.334 e. The van der Waals surface area contributed by atoms with Crippen molar-refractivity contribution in [1.29, 1.82) is 0 Å². The number of carbonyl (C=O) groups excluding carboxylic acids is 3. The molecular formula is C28H34O7. The maximum absolute atomic E-state index is 13.8. The Morgan fingerprint density at radius 3 is 2.54 bits per heavy atom. The van der Waals surface area contributed by atoms with Gasteiger partial charge in [-0.2, -0.15) is 0 Å². The summed E-state index contributed by atoms with van der Waals surface area (Å²) < 4.78 is 18.3. The molecule has 3 aliphatic heterocycles. The molecule has 0 aromatic rings. The number of rotatable bonds is 1. The molecular weight excluding hydrogens is 448 g/mol. The van der Waals surface area contributed by atoms with Crippen molar-refractivity contribution in [3.05, 3.63) is 23.3 Å². The Morgan fingerprint density at radius 1 is 1.03 bits per heavy atom. The highest BCUT2D eigenvalue weighted by Crippen LogP contribution is 2.75. The Kier molecular flexibility index (Phi) is 4.10. The molecule has 3 heterocycles. The quantitative estimate of drug-likeness (QED) is 0.453. The number of ketones is 1. The van der Waals surface area contributed by atoms with Gasteiger partial charge in [0, 0.05) is 17.9 Å². The summed E-state index contributed by atoms with van der Waals surface area (Å²) in [5, 5.41) is 10.8. The molecule has 1 N–H and O–H groups in total. The molecule has 5 fully saturated rings. The Labute approximate surface area is 205 Å². The summed E-state index contributed by atoms with van der Waals surface area (Å²) >= 11 is 0. The number of aliphatic hydroxyl groups excluding tert-OH is 1. The second kappa shape index (κ2) is 6.46. The number of fused-ring (bicyclic) bond motifs is 3. The van der Waals surface area contributed by atoms with Gasteiger partial charge in [-0.25, -0.2) is 4.79 Å². The number of aliphatic hydroxyl groups is 1. The average Bonchev–Trinajstić information content (AvgIpc) is 3.34. The summed E-state index contributed by atoms with van der Waals surface area (Å²) in [5.74, 6) is -0.133. The zero-order chi connectivity index (χ0) is 24.7. The molecule has 4 aliphatic carbocycles. The highest BCUT2D eigenvalue weighted by Gasteiger charge is 2.82. The Balaban J connectivity index is 1.25. The minimum absolute atomic E-state index is 0.0235. The number of hydrogen-bond donors (Lipinski definition) is 1. The smallest absolute Gasteiger partial charge is 0.334 e. The van der Waals surface area contributed by atoms with Crippen molar-refractivity contribution in [1.82, 2.24) is 0 Å². The highest BCUT2D eigenvalue weighted by atomic mass is 16.6. The van der Waals surface area contributed by atoms with E-state index in [1.807, 2.05) is 20.8 Å². The molecule has 0 unspecified atom stereocenters. The largest absolute Gasteiger partial charge is 0.455 e. The van der Waals surface area contributed by atoms with Gasteiger partial charge in [-0.15, -0.1) is 0 Å². The number of ether oxygens (including phenoxy) is 3. The van der Waals surface area contributed by atoms with Crippen molar-refractivity contribution in [2.45, 2.75) is 95.7 Å². The Morgan fingerprint density at radius 2 is 1.80 bits per heavy atom. The molecule has 2 spiro atoms. The monoisotopic (exact) mass is 482 g/mol. The average molecular weight is 483 g/mol. The van der Waals surface area contributed by atoms with Crippen LogP contribution in [0.5, 0.6) is 0 Å². The third kappa shape index (κ3) is 2.26. The topological polar surface area (TPSA) is 102 Å². The first-order valence-electron chi connectivity index (χ1n) is 13.2. The number of cyclic esters (lactones) is 2. The van der Waals surface area contributed by atoms with Crippen molar-refractivity contribution in [2.24, 2.45) is 34.5 Å². The van der Waals surface area contributed by atoms with Crippen molar-refractivity contribution < 1.29 is 33.7 Å². The molecule has 11 atom stereocenters. The summed E-state index contributed by atoms with van der Waals surface area (Å²) in [6.07, 6.45) is 6.19. The first-order valence-corrected chi connectivity index (χ1v) is 13.2. The van der Waals surface area contributed by atoms with E-state index in [9.17, 15) is 19.5 Å². The van der Waals surface area contributed by atoms with Crippen LogP contribution in [0.1, 0.15) is 66.2 Å². The fourth-order valence-electron chi connectivity index (χ4n) is 9.90. The number of esters is 2. The minimum Gasteiger partial charge on any atom is -0.455 e. The first kappa shape index (κ1) is 22.2. The summed E-state index contributed by atoms with van der Waals surface area (Å²) in [5.41, 5.74) is -1.42. The Bertz CT molecular complexity index is 1140. The molecule has 7 aliphatic rings. The summed E-state index contributed by atoms with van der Waals surface area (Å²) in [6.45, 7) is 7.69. The van der Waals surface area contributed by atoms with Gasteiger partial charge in [0.15, 0.2) is 11.4 Å². The molecule has 0 aromatic carbocycles. The van der Waals surface area contributed by atoms with Gasteiger partial charge in [-0.3, -0.25) is 9.59 Å². The second-order valence-corrected chi connectivity index (χ2v) is 12.7. The SMILES string of the molecule is CC1=C(C)C(=O)O[C@@H]([C@]2(C)OC(=O)[C@]34CC[C@H]5[C@@H](C[C@H]6O[C@]67[C@@H](O)C=CC(=O)[C@]57C)[C@@H]3CC[C@H]24)C1. The van der Waals surface area contributed by atoms with Crippen LogP contribution in [0.3, 0.4) is 0 Å². The van der Waals surface area contributed by atoms with E-state index in [4.69, 9.17) is 14.2 Å². The maximum atomic E-state index is 13.8. The lowest BCUT2D eigenvalue weighted by atomic mass is 9.44. The molecule has 7 rings (SSSR count). The van der Waals surface area contributed by atoms with Crippen molar-refractivity contribution in [3.63, 3.8) is 0 Å². The lowest BCUT2D eigenvalue weighted by molar-refractivity contribution is -0.178. The van der Waals surface area contributed by atoms with E-state index in [0.717, 1.165) is 31.3 Å². The van der Waals surface area contributed by atoms with Gasteiger partial charge in [0.25, 0.3) is 0 Å². The third-order valence-electron chi connectivity index (χ3n) is 11.8. The molecule has 0 amide bonds. The van der Waals surface area contributed by atoms with Crippen LogP contribution >= 0.6 is 0 Å². The number of allylic oxidation sites excluding steroid dienone is 1. The zero-order valence-electron chi connectivity index (χ0n) is 20.8. The van der Waals surface area contributed by atoms with E-state index in [1.165, 1.54) is 6.08 Å². The van der Waals surface area contributed by atoms with Gasteiger partial charge < -0.3 is 19.3 Å². The van der Waals surface area contributed by atoms with E-state index >= 15 is 0 Å². The van der Waals surface area contributed by atoms with Gasteiger partial charge in [-0.1, -0.05) is 5.57 Å². The summed E-state index contributed by atoms with van der Waals surface area (Å²) in [7, 11) is 0. The van der Waals surface area contributed by atoms with Crippen LogP contribution in [-0.4, -0.2) is 52.3 Å². The van der Waals surface area contributed by atoms with Crippen molar-refractivity contribution in [3.8, 4) is 0 Å². The lowest BCUT2D eigenvalue weighted by Crippen LogP contribution is -2.64. The molecule has 0 bridgehead atoms. The summed E-state index contributed by atoms with van der Waals surface area (Å²) in [4.78, 5) is 39.7. The van der Waals surface area contributed by atoms with Crippen LogP contribution < -0.4 is 0 Å². The van der Waals surface area contributed by atoms with Crippen LogP contribution in [0.15, 0.2) is 23.3 Å². The van der Waals surface area contributed by atoms with Crippen LogP contribution in [0.25, 0.3) is 0 Å². The lowest BCUT2D eigenvalue weighted by Gasteiger charge is -2.56. The normalized spacial score (nSPS) is 55.9. The number of hydrogen-bond acceptors (Lipinski definition) is 7. The van der Waals surface area contributed by atoms with Crippen LogP contribution in [-0.2, 0) is 28.6 Å². The molecule has 0 aromatic heterocycles. The molecule has 3 saturated carbocycles. The third-order valence-corrected chi connectivity index (χ3v) is 11.8. The van der Waals surface area contributed by atoms with E-state index in [2.05, 4.69) is 0 Å². The predicted molar refractivity (Wildman–Crippen MR) is 123 cm³/mol. The molecule has 7 nitrogen and oxygen atoms in total. The van der Waals surface area contributed by atoms with Gasteiger partial charge >= 0.3 is 11.9 Å². The molecule has 0 radical (unpaired) electrons. The van der Waals surface area contributed by atoms with Gasteiger partial charge in [-0.05, 0) is 89.7 Å². The van der Waals surface area contributed by atoms with Crippen LogP contribution in [0.2, 0.25) is 0 Å². The highest BCUT2D eigenvalue weighted by molar-refractivity contribution is 5.98. The predicted octanol–water partition coefficient (Wildman–Crippen LogP) is 3.04. The minimum atomic E-state index is -0.853. The fraction of sp³-hybridized carbons (Fsp3) is 0.750. The molecule has 35 heavy (non-hydrogen) atoms. The van der Waals surface area contributed by atoms with Gasteiger partial charge in [0.1, 0.15) is 17.8 Å². The summed E-state index contributed by atoms with van der Waals surface area (Å²) in [6, 6.07) is 0. The number of carbonyl (C=O) groups is 3. The first-order chi connectivity index (χ1) is 16.5.